The molecule has 4 rings (SSSR count). The molecule has 0 spiro atoms. The average Bonchev–Trinajstić information content (AvgIpc) is 3.09. The standard InChI is InChI=1S/C20H22N6/c1-20(2,3)14-6-4-13(5-7-14)17-11-19(22-12-21-17)23-15-8-9-16-18(10-15)25-26-24-16/h4-12,24-26H,1-3H3,(H,21,22,23). The molecule has 1 aliphatic rings. The molecule has 132 valence electrons. The Bertz CT molecular complexity index is 928. The lowest BCUT2D eigenvalue weighted by Gasteiger charge is -2.19. The monoisotopic (exact) mass is 346 g/mol. The maximum atomic E-state index is 4.42. The summed E-state index contributed by atoms with van der Waals surface area (Å²) in [5, 5.41) is 3.33. The van der Waals surface area contributed by atoms with Crippen molar-refractivity contribution in [1.29, 1.82) is 0 Å². The number of rotatable bonds is 3. The number of benzene rings is 2. The third kappa shape index (κ3) is 3.32. The van der Waals surface area contributed by atoms with Gasteiger partial charge in [0.05, 0.1) is 17.1 Å². The smallest absolute Gasteiger partial charge is 0.134 e. The summed E-state index contributed by atoms with van der Waals surface area (Å²) in [6, 6.07) is 16.5. The second-order valence-corrected chi connectivity index (χ2v) is 7.38. The van der Waals surface area contributed by atoms with E-state index in [4.69, 9.17) is 0 Å². The summed E-state index contributed by atoms with van der Waals surface area (Å²) in [7, 11) is 0. The fraction of sp³-hybridized carbons (Fsp3) is 0.200. The SMILES string of the molecule is CC(C)(C)c1ccc(-c2cc(Nc3ccc4c(c3)NNN4)ncn2)cc1. The van der Waals surface area contributed by atoms with Crippen molar-refractivity contribution in [3.8, 4) is 11.3 Å². The number of hydrogen-bond acceptors (Lipinski definition) is 6. The molecule has 0 fully saturated rings. The predicted molar refractivity (Wildman–Crippen MR) is 106 cm³/mol. The summed E-state index contributed by atoms with van der Waals surface area (Å²) < 4.78 is 0. The minimum Gasteiger partial charge on any atom is -0.340 e. The van der Waals surface area contributed by atoms with Gasteiger partial charge < -0.3 is 16.2 Å². The number of nitrogens with one attached hydrogen (secondary N) is 4. The summed E-state index contributed by atoms with van der Waals surface area (Å²) in [5.41, 5.74) is 15.3. The lowest BCUT2D eigenvalue weighted by Crippen LogP contribution is -2.19. The average molecular weight is 346 g/mol. The quantitative estimate of drug-likeness (QED) is 0.562. The highest BCUT2D eigenvalue weighted by Crippen LogP contribution is 2.30. The van der Waals surface area contributed by atoms with Crippen LogP contribution in [-0.4, -0.2) is 9.97 Å². The summed E-state index contributed by atoms with van der Waals surface area (Å²) in [4.78, 5) is 8.75. The first kappa shape index (κ1) is 16.4. The molecule has 4 N–H and O–H groups in total. The Morgan fingerprint density at radius 1 is 0.846 bits per heavy atom. The molecule has 0 bridgehead atoms. The van der Waals surface area contributed by atoms with Crippen LogP contribution in [0, 0.1) is 0 Å². The van der Waals surface area contributed by atoms with Crippen LogP contribution in [-0.2, 0) is 5.41 Å². The zero-order valence-electron chi connectivity index (χ0n) is 15.1. The Hall–Kier alpha value is -3.12. The van der Waals surface area contributed by atoms with Crippen LogP contribution in [0.3, 0.4) is 0 Å². The van der Waals surface area contributed by atoms with Crippen molar-refractivity contribution in [1.82, 2.24) is 15.5 Å². The maximum absolute atomic E-state index is 4.42. The molecule has 0 aliphatic carbocycles. The molecular weight excluding hydrogens is 324 g/mol. The molecule has 0 atom stereocenters. The summed E-state index contributed by atoms with van der Waals surface area (Å²) >= 11 is 0. The van der Waals surface area contributed by atoms with E-state index < -0.39 is 0 Å². The second kappa shape index (κ2) is 6.31. The van der Waals surface area contributed by atoms with Crippen molar-refractivity contribution in [3.05, 3.63) is 60.4 Å². The second-order valence-electron chi connectivity index (χ2n) is 7.38. The molecule has 0 radical (unpaired) electrons. The highest BCUT2D eigenvalue weighted by molar-refractivity contribution is 5.77. The van der Waals surface area contributed by atoms with E-state index >= 15 is 0 Å². The van der Waals surface area contributed by atoms with Gasteiger partial charge in [-0.1, -0.05) is 45.0 Å². The molecule has 6 nitrogen and oxygen atoms in total. The predicted octanol–water partition coefficient (Wildman–Crippen LogP) is 4.44. The zero-order valence-corrected chi connectivity index (χ0v) is 15.1. The van der Waals surface area contributed by atoms with Crippen LogP contribution >= 0.6 is 0 Å². The van der Waals surface area contributed by atoms with E-state index in [0.717, 1.165) is 34.1 Å². The highest BCUT2D eigenvalue weighted by atomic mass is 15.6. The normalized spacial score (nSPS) is 12.9. The molecule has 1 aliphatic heterocycles. The van der Waals surface area contributed by atoms with Crippen LogP contribution in [0.5, 0.6) is 0 Å². The van der Waals surface area contributed by atoms with Gasteiger partial charge in [-0.3, -0.25) is 0 Å². The fourth-order valence-corrected chi connectivity index (χ4v) is 2.87. The Balaban J connectivity index is 1.57. The molecule has 26 heavy (non-hydrogen) atoms. The molecule has 0 saturated carbocycles. The third-order valence-corrected chi connectivity index (χ3v) is 4.40. The lowest BCUT2D eigenvalue weighted by molar-refractivity contribution is 0.590. The number of hydrogen-bond donors (Lipinski definition) is 4. The first-order valence-electron chi connectivity index (χ1n) is 8.60. The molecule has 1 aromatic heterocycles. The number of hydrazine groups is 2. The van der Waals surface area contributed by atoms with E-state index in [1.54, 1.807) is 6.33 Å². The minimum absolute atomic E-state index is 0.141. The van der Waals surface area contributed by atoms with E-state index in [1.165, 1.54) is 5.56 Å². The van der Waals surface area contributed by atoms with Crippen molar-refractivity contribution in [3.63, 3.8) is 0 Å². The number of anilines is 4. The zero-order chi connectivity index (χ0) is 18.1. The molecule has 3 aromatic rings. The van der Waals surface area contributed by atoms with Crippen LogP contribution in [0.25, 0.3) is 11.3 Å². The van der Waals surface area contributed by atoms with E-state index in [1.807, 2.05) is 24.3 Å². The van der Waals surface area contributed by atoms with Crippen LogP contribution < -0.4 is 21.7 Å². The lowest BCUT2D eigenvalue weighted by atomic mass is 9.86. The van der Waals surface area contributed by atoms with E-state index in [0.29, 0.717) is 0 Å². The first-order valence-corrected chi connectivity index (χ1v) is 8.60. The van der Waals surface area contributed by atoms with Crippen LogP contribution in [0.4, 0.5) is 22.9 Å². The summed E-state index contributed by atoms with van der Waals surface area (Å²) in [6.45, 7) is 6.64. The van der Waals surface area contributed by atoms with Gasteiger partial charge in [-0.05, 0) is 29.2 Å². The summed E-state index contributed by atoms with van der Waals surface area (Å²) in [6.07, 6.45) is 1.59. The van der Waals surface area contributed by atoms with Gasteiger partial charge in [-0.25, -0.2) is 9.97 Å². The summed E-state index contributed by atoms with van der Waals surface area (Å²) in [5.74, 6) is 0.758. The van der Waals surface area contributed by atoms with Gasteiger partial charge in [-0.15, -0.1) is 5.53 Å². The number of aromatic nitrogens is 2. The van der Waals surface area contributed by atoms with Gasteiger partial charge in [0, 0.05) is 17.3 Å². The van der Waals surface area contributed by atoms with Crippen molar-refractivity contribution < 1.29 is 0 Å². The van der Waals surface area contributed by atoms with Gasteiger partial charge in [0.15, 0.2) is 0 Å². The maximum Gasteiger partial charge on any atom is 0.134 e. The van der Waals surface area contributed by atoms with E-state index in [9.17, 15) is 0 Å². The van der Waals surface area contributed by atoms with Gasteiger partial charge in [0.25, 0.3) is 0 Å². The molecule has 2 aromatic carbocycles. The topological polar surface area (TPSA) is 73.9 Å². The largest absolute Gasteiger partial charge is 0.340 e. The van der Waals surface area contributed by atoms with Crippen molar-refractivity contribution in [2.75, 3.05) is 16.2 Å². The molecule has 0 unspecified atom stereocenters. The van der Waals surface area contributed by atoms with Gasteiger partial charge in [-0.2, -0.15) is 0 Å². The van der Waals surface area contributed by atoms with Gasteiger partial charge in [0.1, 0.15) is 12.1 Å². The van der Waals surface area contributed by atoms with E-state index in [-0.39, 0.29) is 5.41 Å². The molecule has 0 saturated heterocycles. The third-order valence-electron chi connectivity index (χ3n) is 4.40. The number of fused-ring (bicyclic) bond motifs is 1. The van der Waals surface area contributed by atoms with Crippen molar-refractivity contribution in [2.24, 2.45) is 0 Å². The Labute approximate surface area is 153 Å². The number of nitrogens with zero attached hydrogens (tertiary/aromatic N) is 2. The minimum atomic E-state index is 0.141. The van der Waals surface area contributed by atoms with Crippen molar-refractivity contribution >= 4 is 22.9 Å². The van der Waals surface area contributed by atoms with Gasteiger partial charge in [0.2, 0.25) is 0 Å². The van der Waals surface area contributed by atoms with Crippen LogP contribution in [0.2, 0.25) is 0 Å². The molecule has 0 amide bonds. The Morgan fingerprint density at radius 3 is 2.38 bits per heavy atom. The van der Waals surface area contributed by atoms with Crippen molar-refractivity contribution in [2.45, 2.75) is 26.2 Å². The van der Waals surface area contributed by atoms with Crippen LogP contribution in [0.1, 0.15) is 26.3 Å². The first-order chi connectivity index (χ1) is 12.5. The highest BCUT2D eigenvalue weighted by Gasteiger charge is 2.13. The van der Waals surface area contributed by atoms with Gasteiger partial charge >= 0.3 is 0 Å². The van der Waals surface area contributed by atoms with Crippen LogP contribution in [0.15, 0.2) is 54.9 Å². The van der Waals surface area contributed by atoms with E-state index in [2.05, 4.69) is 76.7 Å². The molecule has 2 heterocycles. The molecule has 6 heteroatoms. The Kier molecular flexibility index (Phi) is 3.97. The molecular formula is C20H22N6. The Morgan fingerprint density at radius 2 is 1.62 bits per heavy atom. The fourth-order valence-electron chi connectivity index (χ4n) is 2.87.